The van der Waals surface area contributed by atoms with Crippen LogP contribution in [0, 0.1) is 12.8 Å². The molecule has 0 N–H and O–H groups in total. The van der Waals surface area contributed by atoms with Crippen molar-refractivity contribution < 1.29 is 0 Å². The fourth-order valence-corrected chi connectivity index (χ4v) is 3.11. The Morgan fingerprint density at radius 3 is 1.95 bits per heavy atom. The molecular formula is C22H34. The van der Waals surface area contributed by atoms with E-state index in [1.54, 1.807) is 0 Å². The molecule has 0 nitrogen and oxygen atoms in total. The fraction of sp³-hybridized carbons (Fsp3) is 0.545. The van der Waals surface area contributed by atoms with E-state index >= 15 is 0 Å². The SMILES string of the molecule is CC/C=C/C=C(\c1c(C(C)C)ccc(C(C)C)c1C)C(C)C. The van der Waals surface area contributed by atoms with Crippen molar-refractivity contribution in [1.82, 2.24) is 0 Å². The molecule has 0 atom stereocenters. The maximum absolute atomic E-state index is 2.35. The van der Waals surface area contributed by atoms with Gasteiger partial charge in [0.1, 0.15) is 0 Å². The first-order valence-corrected chi connectivity index (χ1v) is 8.81. The third-order valence-corrected chi connectivity index (χ3v) is 4.34. The van der Waals surface area contributed by atoms with Gasteiger partial charge >= 0.3 is 0 Å². The third-order valence-electron chi connectivity index (χ3n) is 4.34. The molecule has 0 heterocycles. The van der Waals surface area contributed by atoms with Crippen LogP contribution in [0.4, 0.5) is 0 Å². The predicted octanol–water partition coefficient (Wildman–Crippen LogP) is 7.25. The first-order valence-electron chi connectivity index (χ1n) is 8.81. The van der Waals surface area contributed by atoms with Gasteiger partial charge in [0.25, 0.3) is 0 Å². The van der Waals surface area contributed by atoms with Crippen LogP contribution in [-0.2, 0) is 0 Å². The van der Waals surface area contributed by atoms with Crippen molar-refractivity contribution in [1.29, 1.82) is 0 Å². The number of hydrogen-bond acceptors (Lipinski definition) is 0. The van der Waals surface area contributed by atoms with E-state index in [1.165, 1.54) is 27.8 Å². The van der Waals surface area contributed by atoms with Crippen molar-refractivity contribution in [2.24, 2.45) is 5.92 Å². The fourth-order valence-electron chi connectivity index (χ4n) is 3.11. The molecule has 122 valence electrons. The Hall–Kier alpha value is -1.30. The molecule has 0 spiro atoms. The average Bonchev–Trinajstić information content (AvgIpc) is 2.43. The lowest BCUT2D eigenvalue weighted by molar-refractivity contribution is 0.810. The summed E-state index contributed by atoms with van der Waals surface area (Å²) in [6.07, 6.45) is 7.87. The minimum Gasteiger partial charge on any atom is -0.0848 e. The van der Waals surface area contributed by atoms with Crippen LogP contribution in [0.3, 0.4) is 0 Å². The molecule has 0 amide bonds. The van der Waals surface area contributed by atoms with Crippen LogP contribution < -0.4 is 0 Å². The summed E-state index contributed by atoms with van der Waals surface area (Å²) in [6, 6.07) is 4.68. The molecule has 0 radical (unpaired) electrons. The average molecular weight is 299 g/mol. The quantitative estimate of drug-likeness (QED) is 0.485. The van der Waals surface area contributed by atoms with Gasteiger partial charge < -0.3 is 0 Å². The Balaban J connectivity index is 3.60. The van der Waals surface area contributed by atoms with Crippen LogP contribution in [0.25, 0.3) is 5.57 Å². The van der Waals surface area contributed by atoms with Crippen LogP contribution >= 0.6 is 0 Å². The van der Waals surface area contributed by atoms with E-state index in [4.69, 9.17) is 0 Å². The lowest BCUT2D eigenvalue weighted by Gasteiger charge is -2.24. The molecule has 0 aromatic heterocycles. The van der Waals surface area contributed by atoms with Crippen LogP contribution in [0.1, 0.15) is 89.0 Å². The van der Waals surface area contributed by atoms with Gasteiger partial charge in [0.2, 0.25) is 0 Å². The normalized spacial score (nSPS) is 13.1. The monoisotopic (exact) mass is 298 g/mol. The second-order valence-corrected chi connectivity index (χ2v) is 7.17. The summed E-state index contributed by atoms with van der Waals surface area (Å²) in [5.41, 5.74) is 7.37. The van der Waals surface area contributed by atoms with Gasteiger partial charge in [0.05, 0.1) is 0 Å². The van der Waals surface area contributed by atoms with Crippen molar-refractivity contribution in [2.45, 2.75) is 73.6 Å². The highest BCUT2D eigenvalue weighted by Crippen LogP contribution is 2.36. The molecule has 1 aromatic carbocycles. The maximum atomic E-state index is 2.35. The van der Waals surface area contributed by atoms with Crippen molar-refractivity contribution in [3.8, 4) is 0 Å². The van der Waals surface area contributed by atoms with Gasteiger partial charge in [-0.25, -0.2) is 0 Å². The summed E-state index contributed by atoms with van der Waals surface area (Å²) >= 11 is 0. The summed E-state index contributed by atoms with van der Waals surface area (Å²) in [4.78, 5) is 0. The minimum absolute atomic E-state index is 0.528. The molecule has 0 aliphatic heterocycles. The summed E-state index contributed by atoms with van der Waals surface area (Å²) in [5, 5.41) is 0. The second-order valence-electron chi connectivity index (χ2n) is 7.17. The molecule has 0 fully saturated rings. The molecule has 0 bridgehead atoms. The molecule has 1 rings (SSSR count). The van der Waals surface area contributed by atoms with Gasteiger partial charge in [-0.1, -0.05) is 78.8 Å². The van der Waals surface area contributed by atoms with Gasteiger partial charge in [-0.2, -0.15) is 0 Å². The van der Waals surface area contributed by atoms with Gasteiger partial charge in [0.15, 0.2) is 0 Å². The number of hydrogen-bond donors (Lipinski definition) is 0. The number of allylic oxidation sites excluding steroid dienone is 4. The smallest absolute Gasteiger partial charge is 0.0155 e. The lowest BCUT2D eigenvalue weighted by Crippen LogP contribution is -2.06. The Bertz CT molecular complexity index is 539. The zero-order valence-corrected chi connectivity index (χ0v) is 15.8. The number of rotatable bonds is 6. The second kappa shape index (κ2) is 8.36. The molecule has 1 aromatic rings. The maximum Gasteiger partial charge on any atom is -0.0155 e. The third kappa shape index (κ3) is 4.35. The van der Waals surface area contributed by atoms with Crippen molar-refractivity contribution in [3.05, 3.63) is 52.6 Å². The van der Waals surface area contributed by atoms with Gasteiger partial charge in [-0.05, 0) is 58.9 Å². The highest BCUT2D eigenvalue weighted by molar-refractivity contribution is 5.74. The Morgan fingerprint density at radius 2 is 1.50 bits per heavy atom. The van der Waals surface area contributed by atoms with Crippen LogP contribution in [-0.4, -0.2) is 0 Å². The molecular weight excluding hydrogens is 264 g/mol. The molecule has 0 saturated carbocycles. The predicted molar refractivity (Wildman–Crippen MR) is 102 cm³/mol. The minimum atomic E-state index is 0.528. The van der Waals surface area contributed by atoms with E-state index in [1.807, 2.05) is 0 Å². The van der Waals surface area contributed by atoms with Gasteiger partial charge in [-0.15, -0.1) is 0 Å². The van der Waals surface area contributed by atoms with Crippen LogP contribution in [0.5, 0.6) is 0 Å². The molecule has 22 heavy (non-hydrogen) atoms. The number of benzene rings is 1. The van der Waals surface area contributed by atoms with E-state index in [9.17, 15) is 0 Å². The zero-order chi connectivity index (χ0) is 16.9. The summed E-state index contributed by atoms with van der Waals surface area (Å²) in [6.45, 7) is 18.3. The topological polar surface area (TPSA) is 0 Å². The highest BCUT2D eigenvalue weighted by atomic mass is 14.2. The molecule has 0 unspecified atom stereocenters. The van der Waals surface area contributed by atoms with Crippen LogP contribution in [0.2, 0.25) is 0 Å². The molecule has 0 saturated heterocycles. The first kappa shape index (κ1) is 18.7. The first-order chi connectivity index (χ1) is 10.3. The Labute approximate surface area is 138 Å². The summed E-state index contributed by atoms with van der Waals surface area (Å²) in [7, 11) is 0. The molecule has 0 aliphatic rings. The standard InChI is InChI=1S/C22H34/c1-9-10-11-12-20(16(4)5)22-18(8)19(15(2)3)13-14-21(22)17(6)7/h10-17H,9H2,1-8H3/b11-10+,20-12-. The van der Waals surface area contributed by atoms with E-state index in [0.29, 0.717) is 17.8 Å². The van der Waals surface area contributed by atoms with Gasteiger partial charge in [0, 0.05) is 0 Å². The Kier molecular flexibility index (Phi) is 7.13. The van der Waals surface area contributed by atoms with E-state index in [0.717, 1.165) is 6.42 Å². The summed E-state index contributed by atoms with van der Waals surface area (Å²) in [5.74, 6) is 1.65. The lowest BCUT2D eigenvalue weighted by atomic mass is 9.81. The van der Waals surface area contributed by atoms with Crippen molar-refractivity contribution >= 4 is 5.57 Å². The zero-order valence-electron chi connectivity index (χ0n) is 15.8. The van der Waals surface area contributed by atoms with E-state index < -0.39 is 0 Å². The van der Waals surface area contributed by atoms with Gasteiger partial charge in [-0.3, -0.25) is 0 Å². The highest BCUT2D eigenvalue weighted by Gasteiger charge is 2.18. The van der Waals surface area contributed by atoms with Crippen LogP contribution in [0.15, 0.2) is 30.4 Å². The largest absolute Gasteiger partial charge is 0.0848 e. The molecule has 0 heteroatoms. The Morgan fingerprint density at radius 1 is 0.955 bits per heavy atom. The van der Waals surface area contributed by atoms with Crippen molar-refractivity contribution in [2.75, 3.05) is 0 Å². The molecule has 0 aliphatic carbocycles. The van der Waals surface area contributed by atoms with E-state index in [-0.39, 0.29) is 0 Å². The van der Waals surface area contributed by atoms with Crippen molar-refractivity contribution in [3.63, 3.8) is 0 Å². The summed E-state index contributed by atoms with van der Waals surface area (Å²) < 4.78 is 0. The van der Waals surface area contributed by atoms with E-state index in [2.05, 4.69) is 85.8 Å².